The molecular weight excluding hydrogens is 238 g/mol. The third-order valence-electron chi connectivity index (χ3n) is 3.55. The van der Waals surface area contributed by atoms with Gasteiger partial charge in [0, 0.05) is 0 Å². The van der Waals surface area contributed by atoms with Crippen molar-refractivity contribution < 1.29 is 9.90 Å². The summed E-state index contributed by atoms with van der Waals surface area (Å²) in [6.07, 6.45) is 13.4. The lowest BCUT2D eigenvalue weighted by atomic mass is 10.1. The van der Waals surface area contributed by atoms with Crippen molar-refractivity contribution in [2.75, 3.05) is 6.54 Å². The number of hydrogen-bond donors (Lipinski definition) is 2. The smallest absolute Gasteiger partial charge is 0.320 e. The number of hydrogen-bond acceptors (Lipinski definition) is 2. The van der Waals surface area contributed by atoms with E-state index in [0.717, 1.165) is 25.8 Å². The van der Waals surface area contributed by atoms with Crippen molar-refractivity contribution >= 4 is 5.97 Å². The molecule has 1 atom stereocenters. The minimum atomic E-state index is -0.710. The van der Waals surface area contributed by atoms with Crippen LogP contribution < -0.4 is 5.32 Å². The Hall–Kier alpha value is -0.570. The molecule has 0 radical (unpaired) electrons. The maximum absolute atomic E-state index is 10.9. The topological polar surface area (TPSA) is 49.3 Å². The van der Waals surface area contributed by atoms with Crippen molar-refractivity contribution in [2.24, 2.45) is 0 Å². The highest BCUT2D eigenvalue weighted by molar-refractivity contribution is 5.73. The van der Waals surface area contributed by atoms with E-state index in [2.05, 4.69) is 12.2 Å². The van der Waals surface area contributed by atoms with Gasteiger partial charge in [-0.2, -0.15) is 0 Å². The predicted octanol–water partition coefficient (Wildman–Crippen LogP) is 4.36. The summed E-state index contributed by atoms with van der Waals surface area (Å²) >= 11 is 0. The Morgan fingerprint density at radius 2 is 1.42 bits per heavy atom. The van der Waals surface area contributed by atoms with Gasteiger partial charge < -0.3 is 10.4 Å². The number of nitrogens with one attached hydrogen (secondary N) is 1. The van der Waals surface area contributed by atoms with Crippen LogP contribution in [0.3, 0.4) is 0 Å². The third kappa shape index (κ3) is 12.2. The van der Waals surface area contributed by atoms with Crippen molar-refractivity contribution in [3.05, 3.63) is 0 Å². The van der Waals surface area contributed by atoms with Gasteiger partial charge in [-0.3, -0.25) is 4.79 Å². The van der Waals surface area contributed by atoms with Crippen LogP contribution in [0.5, 0.6) is 0 Å². The lowest BCUT2D eigenvalue weighted by molar-refractivity contribution is -0.139. The molecule has 0 bridgehead atoms. The second-order valence-corrected chi connectivity index (χ2v) is 5.46. The maximum Gasteiger partial charge on any atom is 0.320 e. The summed E-state index contributed by atoms with van der Waals surface area (Å²) in [4.78, 5) is 10.9. The molecule has 114 valence electrons. The van der Waals surface area contributed by atoms with Gasteiger partial charge in [-0.1, -0.05) is 71.6 Å². The summed E-state index contributed by atoms with van der Waals surface area (Å²) in [5.41, 5.74) is 0. The van der Waals surface area contributed by atoms with Gasteiger partial charge in [0.15, 0.2) is 0 Å². The van der Waals surface area contributed by atoms with Crippen LogP contribution >= 0.6 is 0 Å². The number of aliphatic carboxylic acids is 1. The van der Waals surface area contributed by atoms with Gasteiger partial charge in [0.2, 0.25) is 0 Å². The molecule has 0 aliphatic heterocycles. The molecule has 0 heterocycles. The Morgan fingerprint density at radius 3 is 1.89 bits per heavy atom. The molecule has 0 aliphatic rings. The average molecular weight is 271 g/mol. The SMILES string of the molecule is CCCCCCCCCCCN[C@@H](CCC)C(=O)O. The fourth-order valence-corrected chi connectivity index (χ4v) is 2.31. The van der Waals surface area contributed by atoms with E-state index in [-0.39, 0.29) is 6.04 Å². The van der Waals surface area contributed by atoms with Gasteiger partial charge in [0.05, 0.1) is 0 Å². The first-order chi connectivity index (χ1) is 9.22. The molecule has 0 spiro atoms. The van der Waals surface area contributed by atoms with Crippen LogP contribution in [0, 0.1) is 0 Å². The van der Waals surface area contributed by atoms with E-state index in [4.69, 9.17) is 5.11 Å². The van der Waals surface area contributed by atoms with E-state index in [9.17, 15) is 4.79 Å². The van der Waals surface area contributed by atoms with E-state index in [1.54, 1.807) is 0 Å². The second-order valence-electron chi connectivity index (χ2n) is 5.46. The summed E-state index contributed by atoms with van der Waals surface area (Å²) in [6.45, 7) is 5.11. The highest BCUT2D eigenvalue weighted by Crippen LogP contribution is 2.09. The van der Waals surface area contributed by atoms with Crippen molar-refractivity contribution in [3.63, 3.8) is 0 Å². The van der Waals surface area contributed by atoms with Crippen molar-refractivity contribution in [2.45, 2.75) is 90.5 Å². The first-order valence-corrected chi connectivity index (χ1v) is 8.18. The molecule has 0 unspecified atom stereocenters. The molecule has 0 amide bonds. The van der Waals surface area contributed by atoms with Gasteiger partial charge in [-0.15, -0.1) is 0 Å². The maximum atomic E-state index is 10.9. The molecule has 3 nitrogen and oxygen atoms in total. The normalized spacial score (nSPS) is 12.5. The minimum absolute atomic E-state index is 0.348. The first kappa shape index (κ1) is 18.4. The fraction of sp³-hybridized carbons (Fsp3) is 0.938. The van der Waals surface area contributed by atoms with Crippen LogP contribution in [0.2, 0.25) is 0 Å². The monoisotopic (exact) mass is 271 g/mol. The number of carboxylic acid groups (broad SMARTS) is 1. The van der Waals surface area contributed by atoms with E-state index in [0.29, 0.717) is 0 Å². The molecular formula is C16H33NO2. The average Bonchev–Trinajstić information content (AvgIpc) is 2.39. The quantitative estimate of drug-likeness (QED) is 0.461. The minimum Gasteiger partial charge on any atom is -0.480 e. The molecule has 0 saturated heterocycles. The van der Waals surface area contributed by atoms with E-state index in [1.165, 1.54) is 51.4 Å². The molecule has 3 heteroatoms. The zero-order valence-corrected chi connectivity index (χ0v) is 12.9. The van der Waals surface area contributed by atoms with Crippen LogP contribution in [0.15, 0.2) is 0 Å². The fourth-order valence-electron chi connectivity index (χ4n) is 2.31. The van der Waals surface area contributed by atoms with Crippen LogP contribution in [-0.4, -0.2) is 23.7 Å². The van der Waals surface area contributed by atoms with E-state index in [1.807, 2.05) is 6.92 Å². The zero-order valence-electron chi connectivity index (χ0n) is 12.9. The predicted molar refractivity (Wildman–Crippen MR) is 81.6 cm³/mol. The van der Waals surface area contributed by atoms with Crippen LogP contribution in [0.4, 0.5) is 0 Å². The van der Waals surface area contributed by atoms with E-state index >= 15 is 0 Å². The van der Waals surface area contributed by atoms with Crippen LogP contribution in [0.25, 0.3) is 0 Å². The molecule has 0 fully saturated rings. The second kappa shape index (κ2) is 13.9. The first-order valence-electron chi connectivity index (χ1n) is 8.18. The summed E-state index contributed by atoms with van der Waals surface area (Å²) in [7, 11) is 0. The molecule has 19 heavy (non-hydrogen) atoms. The van der Waals surface area contributed by atoms with Crippen LogP contribution in [-0.2, 0) is 4.79 Å². The molecule has 0 aromatic rings. The number of rotatable bonds is 14. The summed E-state index contributed by atoms with van der Waals surface area (Å²) in [5.74, 6) is -0.710. The van der Waals surface area contributed by atoms with Gasteiger partial charge in [-0.25, -0.2) is 0 Å². The lowest BCUT2D eigenvalue weighted by Crippen LogP contribution is -2.37. The molecule has 0 aliphatic carbocycles. The molecule has 0 aromatic heterocycles. The highest BCUT2D eigenvalue weighted by atomic mass is 16.4. The van der Waals surface area contributed by atoms with Crippen LogP contribution in [0.1, 0.15) is 84.5 Å². The van der Waals surface area contributed by atoms with E-state index < -0.39 is 5.97 Å². The Bertz CT molecular complexity index is 207. The standard InChI is InChI=1S/C16H33NO2/c1-3-5-6-7-8-9-10-11-12-14-17-15(13-4-2)16(18)19/h15,17H,3-14H2,1-2H3,(H,18,19)/t15-/m0/s1. The Balaban J connectivity index is 3.27. The largest absolute Gasteiger partial charge is 0.480 e. The van der Waals surface area contributed by atoms with Gasteiger partial charge in [0.25, 0.3) is 0 Å². The van der Waals surface area contributed by atoms with Crippen molar-refractivity contribution in [1.82, 2.24) is 5.32 Å². The highest BCUT2D eigenvalue weighted by Gasteiger charge is 2.14. The lowest BCUT2D eigenvalue weighted by Gasteiger charge is -2.13. The molecule has 2 N–H and O–H groups in total. The van der Waals surface area contributed by atoms with Gasteiger partial charge in [0.1, 0.15) is 6.04 Å². The molecule has 0 rings (SSSR count). The Kier molecular flexibility index (Phi) is 13.4. The van der Waals surface area contributed by atoms with Crippen molar-refractivity contribution in [1.29, 1.82) is 0 Å². The molecule has 0 saturated carbocycles. The van der Waals surface area contributed by atoms with Gasteiger partial charge in [-0.05, 0) is 19.4 Å². The van der Waals surface area contributed by atoms with Gasteiger partial charge >= 0.3 is 5.97 Å². The summed E-state index contributed by atoms with van der Waals surface area (Å²) in [6, 6.07) is -0.348. The number of unbranched alkanes of at least 4 members (excludes halogenated alkanes) is 8. The Morgan fingerprint density at radius 1 is 0.895 bits per heavy atom. The number of carboxylic acids is 1. The van der Waals surface area contributed by atoms with Crippen molar-refractivity contribution in [3.8, 4) is 0 Å². The Labute approximate surface area is 119 Å². The summed E-state index contributed by atoms with van der Waals surface area (Å²) in [5, 5.41) is 12.1. The number of carbonyl (C=O) groups is 1. The summed E-state index contributed by atoms with van der Waals surface area (Å²) < 4.78 is 0. The zero-order chi connectivity index (χ0) is 14.3. The third-order valence-corrected chi connectivity index (χ3v) is 3.55. The molecule has 0 aromatic carbocycles.